The Hall–Kier alpha value is -1.63. The highest BCUT2D eigenvalue weighted by molar-refractivity contribution is 6.09. The van der Waals surface area contributed by atoms with Gasteiger partial charge in [0.1, 0.15) is 12.1 Å². The largest absolute Gasteiger partial charge is 0.340 e. The average Bonchev–Trinajstić information content (AvgIpc) is 2.80. The Balaban J connectivity index is 1.63. The lowest BCUT2D eigenvalue weighted by Crippen LogP contribution is -2.51. The van der Waals surface area contributed by atoms with Crippen LogP contribution < -0.4 is 10.6 Å². The molecule has 3 fully saturated rings. The summed E-state index contributed by atoms with van der Waals surface area (Å²) in [6, 6.07) is -0.412. The molecule has 0 aromatic carbocycles. The molecule has 2 saturated heterocycles. The van der Waals surface area contributed by atoms with Crippen molar-refractivity contribution in [3.63, 3.8) is 0 Å². The molecule has 0 unspecified atom stereocenters. The van der Waals surface area contributed by atoms with E-state index < -0.39 is 11.6 Å². The Morgan fingerprint density at radius 3 is 2.50 bits per heavy atom. The van der Waals surface area contributed by atoms with Crippen molar-refractivity contribution in [3.8, 4) is 0 Å². The summed E-state index contributed by atoms with van der Waals surface area (Å²) in [5, 5.41) is 6.17. The number of carbonyl (C=O) groups excluding carboxylic acids is 3. The van der Waals surface area contributed by atoms with E-state index in [0.29, 0.717) is 31.8 Å². The lowest BCUT2D eigenvalue weighted by molar-refractivity contribution is -0.139. The van der Waals surface area contributed by atoms with Crippen LogP contribution in [0.4, 0.5) is 4.79 Å². The van der Waals surface area contributed by atoms with E-state index in [2.05, 4.69) is 31.4 Å². The molecule has 7 heteroatoms. The van der Waals surface area contributed by atoms with Gasteiger partial charge in [-0.1, -0.05) is 20.8 Å². The van der Waals surface area contributed by atoms with E-state index >= 15 is 0 Å². The van der Waals surface area contributed by atoms with E-state index in [0.717, 1.165) is 37.3 Å². The first-order valence-electron chi connectivity index (χ1n) is 9.85. The maximum atomic E-state index is 13.0. The highest BCUT2D eigenvalue weighted by Crippen LogP contribution is 2.43. The van der Waals surface area contributed by atoms with Crippen LogP contribution in [0.15, 0.2) is 0 Å². The summed E-state index contributed by atoms with van der Waals surface area (Å²) in [6.45, 7) is 9.49. The molecule has 0 aromatic heterocycles. The zero-order valence-electron chi connectivity index (χ0n) is 16.3. The van der Waals surface area contributed by atoms with E-state index in [-0.39, 0.29) is 23.8 Å². The molecule has 3 aliphatic rings. The Morgan fingerprint density at radius 1 is 1.15 bits per heavy atom. The molecule has 1 spiro atoms. The minimum atomic E-state index is -0.792. The number of imide groups is 1. The van der Waals surface area contributed by atoms with Gasteiger partial charge in [0.25, 0.3) is 5.91 Å². The summed E-state index contributed by atoms with van der Waals surface area (Å²) in [7, 11) is 0. The fraction of sp³-hybridized carbons (Fsp3) is 0.842. The van der Waals surface area contributed by atoms with Gasteiger partial charge in [-0.05, 0) is 50.0 Å². The minimum absolute atomic E-state index is 0.141. The van der Waals surface area contributed by atoms with Crippen molar-refractivity contribution >= 4 is 17.8 Å². The van der Waals surface area contributed by atoms with Gasteiger partial charge in [0, 0.05) is 19.6 Å². The van der Waals surface area contributed by atoms with E-state index in [1.807, 2.05) is 0 Å². The summed E-state index contributed by atoms with van der Waals surface area (Å²) in [6.07, 6.45) is 4.07. The Labute approximate surface area is 155 Å². The number of hydrogen-bond acceptors (Lipinski definition) is 4. The molecular formula is C19H32N4O3. The minimum Gasteiger partial charge on any atom is -0.340 e. The van der Waals surface area contributed by atoms with Crippen molar-refractivity contribution in [1.82, 2.24) is 20.4 Å². The molecule has 2 aliphatic heterocycles. The number of amides is 4. The Bertz CT molecular complexity index is 568. The Kier molecular flexibility index (Phi) is 5.28. The van der Waals surface area contributed by atoms with Crippen LogP contribution in [0.3, 0.4) is 0 Å². The molecular weight excluding hydrogens is 332 g/mol. The van der Waals surface area contributed by atoms with Crippen molar-refractivity contribution in [2.45, 2.75) is 58.4 Å². The van der Waals surface area contributed by atoms with E-state index in [1.54, 1.807) is 4.90 Å². The number of nitrogens with zero attached hydrogens (tertiary/aromatic N) is 2. The number of nitrogens with one attached hydrogen (secondary N) is 2. The predicted molar refractivity (Wildman–Crippen MR) is 98.5 cm³/mol. The summed E-state index contributed by atoms with van der Waals surface area (Å²) in [4.78, 5) is 40.9. The van der Waals surface area contributed by atoms with Gasteiger partial charge in [0.2, 0.25) is 5.91 Å². The highest BCUT2D eigenvalue weighted by atomic mass is 16.2. The van der Waals surface area contributed by atoms with Gasteiger partial charge in [0.05, 0.1) is 0 Å². The number of urea groups is 1. The van der Waals surface area contributed by atoms with Crippen LogP contribution in [-0.2, 0) is 9.59 Å². The van der Waals surface area contributed by atoms with Crippen molar-refractivity contribution in [1.29, 1.82) is 0 Å². The lowest BCUT2D eigenvalue weighted by atomic mass is 9.67. The van der Waals surface area contributed by atoms with Crippen LogP contribution in [0.1, 0.15) is 52.9 Å². The molecule has 0 aromatic rings. The van der Waals surface area contributed by atoms with Gasteiger partial charge >= 0.3 is 6.03 Å². The molecule has 0 atom stereocenters. The predicted octanol–water partition coefficient (Wildman–Crippen LogP) is 1.34. The molecule has 3 rings (SSSR count). The monoisotopic (exact) mass is 364 g/mol. The second-order valence-corrected chi connectivity index (χ2v) is 9.03. The van der Waals surface area contributed by atoms with Crippen molar-refractivity contribution in [3.05, 3.63) is 0 Å². The fourth-order valence-electron chi connectivity index (χ4n) is 4.47. The van der Waals surface area contributed by atoms with E-state index in [1.165, 1.54) is 0 Å². The number of hydrogen-bond donors (Lipinski definition) is 2. The first-order valence-corrected chi connectivity index (χ1v) is 9.85. The lowest BCUT2D eigenvalue weighted by Gasteiger charge is -2.40. The van der Waals surface area contributed by atoms with Crippen LogP contribution in [0.5, 0.6) is 0 Å². The number of carbonyl (C=O) groups is 3. The van der Waals surface area contributed by atoms with Crippen molar-refractivity contribution in [2.24, 2.45) is 11.3 Å². The smallest absolute Gasteiger partial charge is 0.325 e. The third kappa shape index (κ3) is 3.72. The summed E-state index contributed by atoms with van der Waals surface area (Å²) in [5.41, 5.74) is -0.580. The molecule has 146 valence electrons. The maximum absolute atomic E-state index is 13.0. The molecule has 2 heterocycles. The Morgan fingerprint density at radius 2 is 1.85 bits per heavy atom. The van der Waals surface area contributed by atoms with Crippen molar-refractivity contribution in [2.75, 3.05) is 32.7 Å². The third-order valence-corrected chi connectivity index (χ3v) is 6.30. The molecule has 0 radical (unpaired) electrons. The van der Waals surface area contributed by atoms with Gasteiger partial charge in [-0.3, -0.25) is 14.5 Å². The summed E-state index contributed by atoms with van der Waals surface area (Å²) >= 11 is 0. The molecule has 1 aliphatic carbocycles. The van der Waals surface area contributed by atoms with Gasteiger partial charge in [-0.15, -0.1) is 0 Å². The normalized spacial score (nSPS) is 30.5. The SMILES string of the molecule is CC(C)(C)C1CCC2(CC1)NC(=O)N(CC(=O)N1CCCNCC1)C2=O. The standard InChI is InChI=1S/C19H32N4O3/c1-18(2,3)14-5-7-19(8-6-14)16(25)23(17(26)21-19)13-15(24)22-11-4-9-20-10-12-22/h14,20H,4-13H2,1-3H3,(H,21,26). The molecule has 1 saturated carbocycles. The second-order valence-electron chi connectivity index (χ2n) is 9.03. The van der Waals surface area contributed by atoms with Gasteiger partial charge in [-0.2, -0.15) is 0 Å². The molecule has 7 nitrogen and oxygen atoms in total. The zero-order chi connectivity index (χ0) is 18.9. The fourth-order valence-corrected chi connectivity index (χ4v) is 4.47. The summed E-state index contributed by atoms with van der Waals surface area (Å²) in [5.74, 6) is 0.201. The molecule has 4 amide bonds. The van der Waals surface area contributed by atoms with Gasteiger partial charge < -0.3 is 15.5 Å². The number of rotatable bonds is 2. The van der Waals surface area contributed by atoms with E-state index in [9.17, 15) is 14.4 Å². The summed E-state index contributed by atoms with van der Waals surface area (Å²) < 4.78 is 0. The van der Waals surface area contributed by atoms with E-state index in [4.69, 9.17) is 0 Å². The van der Waals surface area contributed by atoms with Crippen LogP contribution in [0, 0.1) is 11.3 Å². The average molecular weight is 364 g/mol. The molecule has 0 bridgehead atoms. The van der Waals surface area contributed by atoms with Gasteiger partial charge in [0.15, 0.2) is 0 Å². The maximum Gasteiger partial charge on any atom is 0.325 e. The van der Waals surface area contributed by atoms with Crippen LogP contribution in [0.25, 0.3) is 0 Å². The first kappa shape index (κ1) is 19.1. The zero-order valence-corrected chi connectivity index (χ0v) is 16.3. The highest BCUT2D eigenvalue weighted by Gasteiger charge is 2.53. The van der Waals surface area contributed by atoms with Gasteiger partial charge in [-0.25, -0.2) is 4.79 Å². The quantitative estimate of drug-likeness (QED) is 0.725. The third-order valence-electron chi connectivity index (χ3n) is 6.30. The molecule has 26 heavy (non-hydrogen) atoms. The molecule has 2 N–H and O–H groups in total. The van der Waals surface area contributed by atoms with Crippen molar-refractivity contribution < 1.29 is 14.4 Å². The first-order chi connectivity index (χ1) is 12.2. The topological polar surface area (TPSA) is 81.8 Å². The van der Waals surface area contributed by atoms with Crippen LogP contribution in [-0.4, -0.2) is 65.9 Å². The second kappa shape index (κ2) is 7.18. The van der Waals surface area contributed by atoms with Crippen LogP contribution >= 0.6 is 0 Å². The van der Waals surface area contributed by atoms with Crippen LogP contribution in [0.2, 0.25) is 0 Å².